The number of esters is 1. The highest BCUT2D eigenvalue weighted by Gasteiger charge is 2.07. The average molecular weight is 243 g/mol. The fourth-order valence-corrected chi connectivity index (χ4v) is 1.43. The van der Waals surface area contributed by atoms with Gasteiger partial charge in [-0.1, -0.05) is 15.9 Å². The van der Waals surface area contributed by atoms with E-state index in [1.807, 2.05) is 0 Å². The van der Waals surface area contributed by atoms with E-state index in [-0.39, 0.29) is 0 Å². The summed E-state index contributed by atoms with van der Waals surface area (Å²) in [7, 11) is 1.30. The molecule has 0 amide bonds. The number of aldehydes is 1. The highest BCUT2D eigenvalue weighted by molar-refractivity contribution is 9.10. The summed E-state index contributed by atoms with van der Waals surface area (Å²) in [6.07, 6.45) is 0.678. The normalized spacial score (nSPS) is 9.38. The average Bonchev–Trinajstić information content (AvgIpc) is 2.15. The van der Waals surface area contributed by atoms with Crippen LogP contribution in [-0.4, -0.2) is 19.4 Å². The molecule has 1 aromatic carbocycles. The van der Waals surface area contributed by atoms with Crippen molar-refractivity contribution in [2.45, 2.75) is 0 Å². The van der Waals surface area contributed by atoms with E-state index in [4.69, 9.17) is 0 Å². The second-order valence-electron chi connectivity index (χ2n) is 2.38. The Kier molecular flexibility index (Phi) is 3.19. The minimum atomic E-state index is -0.454. The van der Waals surface area contributed by atoms with Crippen molar-refractivity contribution in [3.63, 3.8) is 0 Å². The summed E-state index contributed by atoms with van der Waals surface area (Å²) in [4.78, 5) is 21.5. The minimum Gasteiger partial charge on any atom is -0.465 e. The molecule has 0 atom stereocenters. The first-order valence-corrected chi connectivity index (χ1v) is 4.30. The Hall–Kier alpha value is -1.16. The van der Waals surface area contributed by atoms with E-state index in [9.17, 15) is 9.59 Å². The SMILES string of the molecule is COC(=O)c1cc(Br)cc(C=O)c1. The number of ether oxygens (including phenoxy) is 1. The molecule has 68 valence electrons. The molecule has 3 nitrogen and oxygen atoms in total. The van der Waals surface area contributed by atoms with Crippen molar-refractivity contribution in [2.75, 3.05) is 7.11 Å². The number of rotatable bonds is 2. The maximum atomic E-state index is 11.1. The van der Waals surface area contributed by atoms with Crippen LogP contribution in [0.25, 0.3) is 0 Å². The van der Waals surface area contributed by atoms with Crippen molar-refractivity contribution in [3.05, 3.63) is 33.8 Å². The zero-order valence-electron chi connectivity index (χ0n) is 6.91. The molecule has 0 N–H and O–H groups in total. The second-order valence-corrected chi connectivity index (χ2v) is 3.30. The van der Waals surface area contributed by atoms with Crippen LogP contribution in [0.3, 0.4) is 0 Å². The quantitative estimate of drug-likeness (QED) is 0.589. The molecule has 0 aliphatic heterocycles. The van der Waals surface area contributed by atoms with Crippen LogP contribution in [0.15, 0.2) is 22.7 Å². The van der Waals surface area contributed by atoms with Crippen molar-refractivity contribution >= 4 is 28.2 Å². The lowest BCUT2D eigenvalue weighted by Gasteiger charge is -2.00. The Labute approximate surface area is 83.8 Å². The third-order valence-electron chi connectivity index (χ3n) is 1.48. The molecule has 1 rings (SSSR count). The number of benzene rings is 1. The Morgan fingerprint density at radius 1 is 1.46 bits per heavy atom. The molecule has 0 bridgehead atoms. The van der Waals surface area contributed by atoms with Crippen LogP contribution in [-0.2, 0) is 4.74 Å². The summed E-state index contributed by atoms with van der Waals surface area (Å²) >= 11 is 3.18. The van der Waals surface area contributed by atoms with Crippen LogP contribution in [0.2, 0.25) is 0 Å². The first-order valence-electron chi connectivity index (χ1n) is 3.51. The van der Waals surface area contributed by atoms with E-state index in [1.165, 1.54) is 13.2 Å². The first kappa shape index (κ1) is 9.92. The fourth-order valence-electron chi connectivity index (χ4n) is 0.916. The number of halogens is 1. The summed E-state index contributed by atoms with van der Waals surface area (Å²) in [6.45, 7) is 0. The maximum absolute atomic E-state index is 11.1. The van der Waals surface area contributed by atoms with Gasteiger partial charge in [0.25, 0.3) is 0 Å². The van der Waals surface area contributed by atoms with Gasteiger partial charge in [0.2, 0.25) is 0 Å². The molecule has 0 spiro atoms. The highest BCUT2D eigenvalue weighted by Crippen LogP contribution is 2.15. The third kappa shape index (κ3) is 2.39. The van der Waals surface area contributed by atoms with Gasteiger partial charge in [-0.05, 0) is 18.2 Å². The van der Waals surface area contributed by atoms with Gasteiger partial charge in [0, 0.05) is 10.0 Å². The Morgan fingerprint density at radius 2 is 2.15 bits per heavy atom. The van der Waals surface area contributed by atoms with Crippen molar-refractivity contribution in [2.24, 2.45) is 0 Å². The zero-order valence-corrected chi connectivity index (χ0v) is 8.50. The smallest absolute Gasteiger partial charge is 0.337 e. The van der Waals surface area contributed by atoms with Crippen molar-refractivity contribution in [1.29, 1.82) is 0 Å². The van der Waals surface area contributed by atoms with Gasteiger partial charge in [-0.2, -0.15) is 0 Å². The number of carbonyl (C=O) groups is 2. The van der Waals surface area contributed by atoms with E-state index in [0.717, 1.165) is 0 Å². The van der Waals surface area contributed by atoms with Gasteiger partial charge in [0.15, 0.2) is 0 Å². The van der Waals surface area contributed by atoms with Crippen LogP contribution in [0.1, 0.15) is 20.7 Å². The summed E-state index contributed by atoms with van der Waals surface area (Å²) in [5.41, 5.74) is 0.800. The van der Waals surface area contributed by atoms with Crippen molar-refractivity contribution < 1.29 is 14.3 Å². The van der Waals surface area contributed by atoms with Gasteiger partial charge < -0.3 is 4.74 Å². The number of methoxy groups -OCH3 is 1. The molecule has 0 aromatic heterocycles. The number of hydrogen-bond donors (Lipinski definition) is 0. The van der Waals surface area contributed by atoms with Crippen molar-refractivity contribution in [1.82, 2.24) is 0 Å². The van der Waals surface area contributed by atoms with Crippen LogP contribution in [0, 0.1) is 0 Å². The third-order valence-corrected chi connectivity index (χ3v) is 1.94. The Morgan fingerprint density at radius 3 is 2.69 bits per heavy atom. The summed E-state index contributed by atoms with van der Waals surface area (Å²) in [6, 6.07) is 4.70. The largest absolute Gasteiger partial charge is 0.465 e. The molecule has 0 radical (unpaired) electrons. The highest BCUT2D eigenvalue weighted by atomic mass is 79.9. The molecule has 0 heterocycles. The topological polar surface area (TPSA) is 43.4 Å². The van der Waals surface area contributed by atoms with E-state index in [1.54, 1.807) is 12.1 Å². The monoisotopic (exact) mass is 242 g/mol. The Bertz CT molecular complexity index is 347. The summed E-state index contributed by atoms with van der Waals surface area (Å²) < 4.78 is 5.19. The van der Waals surface area contributed by atoms with Crippen LogP contribution in [0.4, 0.5) is 0 Å². The molecule has 0 aliphatic rings. The van der Waals surface area contributed by atoms with Gasteiger partial charge in [-0.25, -0.2) is 4.79 Å². The van der Waals surface area contributed by atoms with Gasteiger partial charge in [-0.3, -0.25) is 4.79 Å². The molecule has 0 fully saturated rings. The molecular formula is C9H7BrO3. The second kappa shape index (κ2) is 4.18. The molecule has 0 saturated heterocycles. The van der Waals surface area contributed by atoms with Crippen molar-refractivity contribution in [3.8, 4) is 0 Å². The van der Waals surface area contributed by atoms with E-state index in [2.05, 4.69) is 20.7 Å². The van der Waals surface area contributed by atoms with Crippen LogP contribution in [0.5, 0.6) is 0 Å². The molecule has 0 saturated carbocycles. The predicted molar refractivity (Wildman–Crippen MR) is 50.9 cm³/mol. The Balaban J connectivity index is 3.15. The summed E-state index contributed by atoms with van der Waals surface area (Å²) in [5, 5.41) is 0. The number of carbonyl (C=O) groups excluding carboxylic acids is 2. The fraction of sp³-hybridized carbons (Fsp3) is 0.111. The lowest BCUT2D eigenvalue weighted by Crippen LogP contribution is -2.01. The van der Waals surface area contributed by atoms with Gasteiger partial charge in [-0.15, -0.1) is 0 Å². The van der Waals surface area contributed by atoms with Gasteiger partial charge in [0.1, 0.15) is 6.29 Å². The van der Waals surface area contributed by atoms with E-state index in [0.29, 0.717) is 21.9 Å². The van der Waals surface area contributed by atoms with Crippen LogP contribution >= 0.6 is 15.9 Å². The lowest BCUT2D eigenvalue weighted by atomic mass is 10.1. The summed E-state index contributed by atoms with van der Waals surface area (Å²) in [5.74, 6) is -0.454. The van der Waals surface area contributed by atoms with E-state index < -0.39 is 5.97 Å². The number of hydrogen-bond acceptors (Lipinski definition) is 3. The zero-order chi connectivity index (χ0) is 9.84. The van der Waals surface area contributed by atoms with Gasteiger partial charge in [0.05, 0.1) is 12.7 Å². The van der Waals surface area contributed by atoms with Crippen LogP contribution < -0.4 is 0 Å². The van der Waals surface area contributed by atoms with E-state index >= 15 is 0 Å². The molecular weight excluding hydrogens is 236 g/mol. The van der Waals surface area contributed by atoms with Gasteiger partial charge >= 0.3 is 5.97 Å². The predicted octanol–water partition coefficient (Wildman–Crippen LogP) is 2.05. The lowest BCUT2D eigenvalue weighted by molar-refractivity contribution is 0.0600. The first-order chi connectivity index (χ1) is 6.17. The minimum absolute atomic E-state index is 0.360. The standard InChI is InChI=1S/C9H7BrO3/c1-13-9(12)7-2-6(5-11)3-8(10)4-7/h2-5H,1H3. The maximum Gasteiger partial charge on any atom is 0.337 e. The molecule has 13 heavy (non-hydrogen) atoms. The molecule has 4 heteroatoms. The molecule has 1 aromatic rings. The molecule has 0 aliphatic carbocycles. The molecule has 0 unspecified atom stereocenters.